The molecule has 0 amide bonds. The number of hydrogen-bond acceptors (Lipinski definition) is 3. The number of nitrogen functional groups attached to an aromatic ring is 1. The van der Waals surface area contributed by atoms with Crippen LogP contribution in [0.25, 0.3) is 0 Å². The number of nitrogens with two attached hydrogens (primary N) is 1. The van der Waals surface area contributed by atoms with Gasteiger partial charge in [-0.3, -0.25) is 4.68 Å². The normalized spacial score (nSPS) is 12.5. The van der Waals surface area contributed by atoms with Gasteiger partial charge in [-0.2, -0.15) is 31.4 Å². The zero-order valence-electron chi connectivity index (χ0n) is 12.7. The van der Waals surface area contributed by atoms with Crippen molar-refractivity contribution in [3.63, 3.8) is 0 Å². The van der Waals surface area contributed by atoms with E-state index in [0.29, 0.717) is 21.6 Å². The number of aromatic nitrogens is 2. The third kappa shape index (κ3) is 3.74. The highest BCUT2D eigenvalue weighted by Crippen LogP contribution is 2.35. The Balaban J connectivity index is 2.46. The molecule has 0 radical (unpaired) electrons. The van der Waals surface area contributed by atoms with Crippen molar-refractivity contribution in [3.05, 3.63) is 41.2 Å². The molecule has 0 spiro atoms. The Morgan fingerprint density at radius 2 is 1.67 bits per heavy atom. The van der Waals surface area contributed by atoms with Crippen LogP contribution in [0.3, 0.4) is 0 Å². The van der Waals surface area contributed by atoms with Gasteiger partial charge in [0.2, 0.25) is 0 Å². The molecule has 1 aromatic heterocycles. The molecule has 24 heavy (non-hydrogen) atoms. The molecule has 0 fully saturated rings. The summed E-state index contributed by atoms with van der Waals surface area (Å²) in [5, 5.41) is 3.07. The molecule has 4 nitrogen and oxygen atoms in total. The number of nitrogens with zero attached hydrogens (tertiary/aromatic N) is 3. The fourth-order valence-electron chi connectivity index (χ4n) is 2.15. The number of anilines is 2. The Morgan fingerprint density at radius 1 is 1.04 bits per heavy atom. The molecule has 0 unspecified atom stereocenters. The fraction of sp³-hybridized carbons (Fsp3) is 0.357. The van der Waals surface area contributed by atoms with E-state index in [1.807, 2.05) is 0 Å². The molecule has 0 saturated carbocycles. The lowest BCUT2D eigenvalue weighted by molar-refractivity contribution is -0.144. The van der Waals surface area contributed by atoms with Crippen molar-refractivity contribution < 1.29 is 26.3 Å². The molecule has 10 heteroatoms. The first-order valence-corrected chi connectivity index (χ1v) is 6.67. The number of alkyl halides is 6. The maximum absolute atomic E-state index is 13.0. The van der Waals surface area contributed by atoms with E-state index in [0.717, 1.165) is 0 Å². The average Bonchev–Trinajstić information content (AvgIpc) is 2.84. The summed E-state index contributed by atoms with van der Waals surface area (Å²) in [4.78, 5) is 1.65. The van der Waals surface area contributed by atoms with Crippen LogP contribution in [0.2, 0.25) is 0 Å². The van der Waals surface area contributed by atoms with E-state index in [9.17, 15) is 26.3 Å². The minimum absolute atomic E-state index is 0.00413. The van der Waals surface area contributed by atoms with Crippen LogP contribution >= 0.6 is 0 Å². The van der Waals surface area contributed by atoms with Gasteiger partial charge in [0.15, 0.2) is 5.69 Å². The maximum atomic E-state index is 13.0. The maximum Gasteiger partial charge on any atom is 0.435 e. The molecule has 1 aromatic carbocycles. The van der Waals surface area contributed by atoms with Gasteiger partial charge in [0.1, 0.15) is 5.69 Å². The third-order valence-electron chi connectivity index (χ3n) is 3.27. The average molecular weight is 352 g/mol. The monoisotopic (exact) mass is 352 g/mol. The molecule has 0 aliphatic heterocycles. The van der Waals surface area contributed by atoms with Crippen molar-refractivity contribution in [3.8, 4) is 0 Å². The second kappa shape index (κ2) is 5.91. The highest BCUT2D eigenvalue weighted by molar-refractivity contribution is 5.67. The molecule has 2 rings (SSSR count). The summed E-state index contributed by atoms with van der Waals surface area (Å²) < 4.78 is 77.2. The second-order valence-corrected chi connectivity index (χ2v) is 5.36. The molecule has 0 bridgehead atoms. The van der Waals surface area contributed by atoms with Gasteiger partial charge in [0.05, 0.1) is 17.9 Å². The second-order valence-electron chi connectivity index (χ2n) is 5.36. The van der Waals surface area contributed by atoms with Gasteiger partial charge in [-0.25, -0.2) is 0 Å². The predicted octanol–water partition coefficient (Wildman–Crippen LogP) is 3.62. The number of rotatable bonds is 3. The summed E-state index contributed by atoms with van der Waals surface area (Å²) in [6.07, 6.45) is -9.91. The lowest BCUT2D eigenvalue weighted by Crippen LogP contribution is -2.16. The predicted molar refractivity (Wildman–Crippen MR) is 76.5 cm³/mol. The van der Waals surface area contributed by atoms with E-state index >= 15 is 0 Å². The third-order valence-corrected chi connectivity index (χ3v) is 3.27. The molecule has 1 heterocycles. The van der Waals surface area contributed by atoms with Crippen LogP contribution in [-0.2, 0) is 18.9 Å². The molecule has 2 N–H and O–H groups in total. The summed E-state index contributed by atoms with van der Waals surface area (Å²) in [7, 11) is 3.37. The fourth-order valence-corrected chi connectivity index (χ4v) is 2.15. The van der Waals surface area contributed by atoms with Crippen LogP contribution in [0, 0.1) is 0 Å². The molecule has 0 atom stereocenters. The standard InChI is InChI=1S/C14H14F6N4/c1-23(2)10-5-8(3-4-9(10)21)7-24-12(14(18,19)20)6-11(22-24)13(15,16)17/h3-6H,7,21H2,1-2H3. The SMILES string of the molecule is CN(C)c1cc(Cn2nc(C(F)(F)F)cc2C(F)(F)F)ccc1N. The quantitative estimate of drug-likeness (QED) is 0.678. The van der Waals surface area contributed by atoms with Gasteiger partial charge in [-0.1, -0.05) is 6.07 Å². The van der Waals surface area contributed by atoms with Crippen molar-refractivity contribution in [1.29, 1.82) is 0 Å². The van der Waals surface area contributed by atoms with Gasteiger partial charge in [0, 0.05) is 20.2 Å². The minimum Gasteiger partial charge on any atom is -0.397 e. The molecular weight excluding hydrogens is 338 g/mol. The first-order chi connectivity index (χ1) is 10.9. The van der Waals surface area contributed by atoms with Gasteiger partial charge in [-0.05, 0) is 17.7 Å². The Morgan fingerprint density at radius 3 is 2.17 bits per heavy atom. The topological polar surface area (TPSA) is 47.1 Å². The first-order valence-electron chi connectivity index (χ1n) is 6.67. The van der Waals surface area contributed by atoms with Gasteiger partial charge >= 0.3 is 12.4 Å². The van der Waals surface area contributed by atoms with E-state index in [1.54, 1.807) is 19.0 Å². The van der Waals surface area contributed by atoms with E-state index < -0.39 is 30.3 Å². The molecule has 0 saturated heterocycles. The van der Waals surface area contributed by atoms with Crippen LogP contribution in [0.5, 0.6) is 0 Å². The van der Waals surface area contributed by atoms with Gasteiger partial charge < -0.3 is 10.6 Å². The molecule has 0 aliphatic rings. The first kappa shape index (κ1) is 18.0. The van der Waals surface area contributed by atoms with Crippen LogP contribution in [-0.4, -0.2) is 23.9 Å². The van der Waals surface area contributed by atoms with Crippen molar-refractivity contribution in [1.82, 2.24) is 9.78 Å². The molecular formula is C14H14F6N4. The summed E-state index contributed by atoms with van der Waals surface area (Å²) in [5.74, 6) is 0. The Kier molecular flexibility index (Phi) is 4.42. The Hall–Kier alpha value is -2.39. The smallest absolute Gasteiger partial charge is 0.397 e. The van der Waals surface area contributed by atoms with Crippen LogP contribution in [0.15, 0.2) is 24.3 Å². The summed E-state index contributed by atoms with van der Waals surface area (Å²) in [5.41, 5.74) is 3.99. The zero-order valence-corrected chi connectivity index (χ0v) is 12.7. The largest absolute Gasteiger partial charge is 0.435 e. The highest BCUT2D eigenvalue weighted by Gasteiger charge is 2.41. The molecule has 2 aromatic rings. The van der Waals surface area contributed by atoms with Crippen LogP contribution in [0.4, 0.5) is 37.7 Å². The summed E-state index contributed by atoms with van der Waals surface area (Å²) in [6.45, 7) is -0.466. The lowest BCUT2D eigenvalue weighted by atomic mass is 10.1. The van der Waals surface area contributed by atoms with Crippen LogP contribution < -0.4 is 10.6 Å². The van der Waals surface area contributed by atoms with Crippen molar-refractivity contribution in [2.75, 3.05) is 24.7 Å². The van der Waals surface area contributed by atoms with Crippen LogP contribution in [0.1, 0.15) is 17.0 Å². The van der Waals surface area contributed by atoms with E-state index in [2.05, 4.69) is 5.10 Å². The van der Waals surface area contributed by atoms with E-state index in [1.165, 1.54) is 18.2 Å². The number of benzene rings is 1. The van der Waals surface area contributed by atoms with Gasteiger partial charge in [0.25, 0.3) is 0 Å². The summed E-state index contributed by atoms with van der Waals surface area (Å²) >= 11 is 0. The Bertz CT molecular complexity index is 730. The van der Waals surface area contributed by atoms with Crippen molar-refractivity contribution in [2.24, 2.45) is 0 Å². The highest BCUT2D eigenvalue weighted by atomic mass is 19.4. The molecule has 0 aliphatic carbocycles. The zero-order chi connectivity index (χ0) is 18.3. The molecule has 132 valence electrons. The minimum atomic E-state index is -4.96. The number of halogens is 6. The van der Waals surface area contributed by atoms with Crippen molar-refractivity contribution >= 4 is 11.4 Å². The Labute approximate surface area is 133 Å². The number of hydrogen-bond donors (Lipinski definition) is 1. The van der Waals surface area contributed by atoms with Crippen molar-refractivity contribution in [2.45, 2.75) is 18.9 Å². The van der Waals surface area contributed by atoms with E-state index in [-0.39, 0.29) is 6.07 Å². The van der Waals surface area contributed by atoms with E-state index in [4.69, 9.17) is 5.73 Å². The summed E-state index contributed by atoms with van der Waals surface area (Å²) in [6, 6.07) is 4.43. The lowest BCUT2D eigenvalue weighted by Gasteiger charge is -2.17. The van der Waals surface area contributed by atoms with Gasteiger partial charge in [-0.15, -0.1) is 0 Å².